The molecule has 0 unspecified atom stereocenters. The van der Waals surface area contributed by atoms with Gasteiger partial charge in [0.05, 0.1) is 11.4 Å². The zero-order valence-corrected chi connectivity index (χ0v) is 17.8. The van der Waals surface area contributed by atoms with Crippen LogP contribution in [-0.4, -0.2) is 23.9 Å². The van der Waals surface area contributed by atoms with Crippen LogP contribution in [0.4, 0.5) is 17.1 Å². The molecule has 1 aliphatic heterocycles. The first-order valence-corrected chi connectivity index (χ1v) is 9.97. The summed E-state index contributed by atoms with van der Waals surface area (Å²) in [4.78, 5) is 0. The van der Waals surface area contributed by atoms with E-state index >= 15 is 0 Å². The van der Waals surface area contributed by atoms with Gasteiger partial charge in [0.25, 0.3) is 0 Å². The molecule has 4 rings (SSSR count). The summed E-state index contributed by atoms with van der Waals surface area (Å²) in [6.45, 7) is 10.7. The maximum Gasteiger partial charge on any atom is 0.124 e. The fourth-order valence-electron chi connectivity index (χ4n) is 3.62. The molecule has 0 radical (unpaired) electrons. The van der Waals surface area contributed by atoms with E-state index in [4.69, 9.17) is 4.52 Å². The lowest BCUT2D eigenvalue weighted by Gasteiger charge is -2.32. The topological polar surface area (TPSA) is 56.6 Å². The minimum atomic E-state index is 0.209. The van der Waals surface area contributed by atoms with Crippen LogP contribution < -0.4 is 15.8 Å². The van der Waals surface area contributed by atoms with Crippen LogP contribution in [0.15, 0.2) is 53.3 Å². The van der Waals surface area contributed by atoms with Crippen LogP contribution in [0.2, 0.25) is 0 Å². The number of hydrogen-bond donors (Lipinski definition) is 2. The van der Waals surface area contributed by atoms with E-state index in [0.717, 1.165) is 30.0 Å². The molecule has 0 saturated carbocycles. The number of aromatic nitrogens is 1. The van der Waals surface area contributed by atoms with Gasteiger partial charge >= 0.3 is 0 Å². The predicted molar refractivity (Wildman–Crippen MR) is 119 cm³/mol. The Hall–Kier alpha value is -2.99. The molecule has 1 aromatic heterocycles. The molecule has 0 saturated heterocycles. The summed E-state index contributed by atoms with van der Waals surface area (Å²) in [7, 11) is 2.06. The van der Waals surface area contributed by atoms with Crippen LogP contribution >= 0.6 is 0 Å². The van der Waals surface area contributed by atoms with Crippen LogP contribution in [0, 0.1) is 12.3 Å². The maximum atomic E-state index is 4.92. The van der Waals surface area contributed by atoms with Gasteiger partial charge in [0.15, 0.2) is 0 Å². The van der Waals surface area contributed by atoms with Crippen LogP contribution in [0.25, 0.3) is 11.3 Å². The molecule has 152 valence electrons. The van der Waals surface area contributed by atoms with Crippen LogP contribution in [0.5, 0.6) is 0 Å². The summed E-state index contributed by atoms with van der Waals surface area (Å²) in [5.74, 6) is 0. The highest BCUT2D eigenvalue weighted by Gasteiger charge is 2.29. The highest BCUT2D eigenvalue weighted by atomic mass is 16.5. The molecule has 0 amide bonds. The fourth-order valence-corrected chi connectivity index (χ4v) is 3.62. The third-order valence-electron chi connectivity index (χ3n) is 5.15. The molecule has 0 atom stereocenters. The van der Waals surface area contributed by atoms with Crippen LogP contribution in [-0.2, 0) is 6.54 Å². The molecule has 2 N–H and O–H groups in total. The Kier molecular flexibility index (Phi) is 4.96. The van der Waals surface area contributed by atoms with Crippen molar-refractivity contribution in [2.75, 3.05) is 29.3 Å². The standard InChI is InChI=1S/C23H29N5O/c1-16-19(10-11-21-22(16)25-27(5)28(21)15-23(2,3)4)24-14-17-6-8-18(9-7-17)20-12-13-29-26-20/h6-13,24-25H,14-15H2,1-5H3. The van der Waals surface area contributed by atoms with Gasteiger partial charge in [-0.25, -0.2) is 0 Å². The zero-order valence-electron chi connectivity index (χ0n) is 17.8. The summed E-state index contributed by atoms with van der Waals surface area (Å²) >= 11 is 0. The average Bonchev–Trinajstić information content (AvgIpc) is 3.30. The first-order valence-electron chi connectivity index (χ1n) is 9.97. The molecule has 6 heteroatoms. The Morgan fingerprint density at radius 1 is 1.07 bits per heavy atom. The van der Waals surface area contributed by atoms with Gasteiger partial charge in [-0.3, -0.25) is 10.4 Å². The Labute approximate surface area is 172 Å². The van der Waals surface area contributed by atoms with Crippen molar-refractivity contribution < 1.29 is 4.52 Å². The van der Waals surface area contributed by atoms with Crippen molar-refractivity contribution in [3.05, 3.63) is 59.9 Å². The van der Waals surface area contributed by atoms with E-state index in [2.05, 4.69) is 97.2 Å². The Morgan fingerprint density at radius 2 is 1.83 bits per heavy atom. The maximum absolute atomic E-state index is 4.92. The minimum Gasteiger partial charge on any atom is -0.381 e. The van der Waals surface area contributed by atoms with E-state index < -0.39 is 0 Å². The Balaban J connectivity index is 1.47. The molecule has 0 bridgehead atoms. The van der Waals surface area contributed by atoms with Gasteiger partial charge in [-0.15, -0.1) is 5.12 Å². The van der Waals surface area contributed by atoms with E-state index in [1.807, 2.05) is 6.07 Å². The van der Waals surface area contributed by atoms with E-state index in [0.29, 0.717) is 0 Å². The van der Waals surface area contributed by atoms with Crippen molar-refractivity contribution in [2.24, 2.45) is 5.41 Å². The van der Waals surface area contributed by atoms with Crippen molar-refractivity contribution in [1.29, 1.82) is 0 Å². The van der Waals surface area contributed by atoms with Gasteiger partial charge in [0, 0.05) is 37.5 Å². The summed E-state index contributed by atoms with van der Waals surface area (Å²) < 4.78 is 4.92. The third kappa shape index (κ3) is 4.07. The average molecular weight is 392 g/mol. The number of anilines is 3. The van der Waals surface area contributed by atoms with Gasteiger partial charge in [0.2, 0.25) is 0 Å². The lowest BCUT2D eigenvalue weighted by molar-refractivity contribution is 0.306. The van der Waals surface area contributed by atoms with Gasteiger partial charge in [-0.2, -0.15) is 0 Å². The number of benzene rings is 2. The summed E-state index contributed by atoms with van der Waals surface area (Å²) in [5, 5.41) is 11.9. The molecule has 2 aromatic carbocycles. The monoisotopic (exact) mass is 391 g/mol. The lowest BCUT2D eigenvalue weighted by Crippen LogP contribution is -2.43. The number of fused-ring (bicyclic) bond motifs is 1. The first kappa shape index (κ1) is 19.3. The minimum absolute atomic E-state index is 0.209. The second kappa shape index (κ2) is 7.44. The largest absolute Gasteiger partial charge is 0.381 e. The van der Waals surface area contributed by atoms with E-state index in [1.54, 1.807) is 6.26 Å². The number of nitrogens with one attached hydrogen (secondary N) is 2. The van der Waals surface area contributed by atoms with Crippen molar-refractivity contribution in [3.63, 3.8) is 0 Å². The molecule has 2 heterocycles. The zero-order chi connectivity index (χ0) is 20.6. The Bertz CT molecular complexity index is 974. The quantitative estimate of drug-likeness (QED) is 0.615. The second-order valence-electron chi connectivity index (χ2n) is 8.82. The molecule has 6 nitrogen and oxygen atoms in total. The number of hydrazine groups is 2. The fraction of sp³-hybridized carbons (Fsp3) is 0.348. The van der Waals surface area contributed by atoms with Crippen LogP contribution in [0.1, 0.15) is 31.9 Å². The van der Waals surface area contributed by atoms with Gasteiger partial charge in [0.1, 0.15) is 12.0 Å². The van der Waals surface area contributed by atoms with E-state index in [-0.39, 0.29) is 5.41 Å². The third-order valence-corrected chi connectivity index (χ3v) is 5.15. The van der Waals surface area contributed by atoms with E-state index in [9.17, 15) is 0 Å². The predicted octanol–water partition coefficient (Wildman–Crippen LogP) is 5.30. The lowest BCUT2D eigenvalue weighted by atomic mass is 9.96. The summed E-state index contributed by atoms with van der Waals surface area (Å²) in [5.41, 5.74) is 11.6. The Morgan fingerprint density at radius 3 is 2.48 bits per heavy atom. The molecule has 1 aliphatic rings. The first-order chi connectivity index (χ1) is 13.8. The van der Waals surface area contributed by atoms with Gasteiger partial charge in [-0.05, 0) is 35.6 Å². The molecule has 3 aromatic rings. The highest BCUT2D eigenvalue weighted by molar-refractivity contribution is 5.81. The molecular formula is C23H29N5O. The van der Waals surface area contributed by atoms with Crippen molar-refractivity contribution in [2.45, 2.75) is 34.2 Å². The van der Waals surface area contributed by atoms with Crippen molar-refractivity contribution in [1.82, 2.24) is 10.3 Å². The number of hydrogen-bond acceptors (Lipinski definition) is 6. The van der Waals surface area contributed by atoms with Gasteiger partial charge in [-0.1, -0.05) is 50.2 Å². The van der Waals surface area contributed by atoms with E-state index in [1.165, 1.54) is 22.5 Å². The molecule has 0 aliphatic carbocycles. The highest BCUT2D eigenvalue weighted by Crippen LogP contribution is 2.40. The molecule has 0 fully saturated rings. The SMILES string of the molecule is Cc1c(NCc2ccc(-c3ccon3)cc2)ccc2c1NN(C)N2CC(C)(C)C. The second-order valence-corrected chi connectivity index (χ2v) is 8.82. The molecule has 0 spiro atoms. The number of rotatable bonds is 5. The molecule has 29 heavy (non-hydrogen) atoms. The summed E-state index contributed by atoms with van der Waals surface area (Å²) in [6, 6.07) is 14.6. The summed E-state index contributed by atoms with van der Waals surface area (Å²) in [6.07, 6.45) is 1.59. The van der Waals surface area contributed by atoms with Crippen LogP contribution in [0.3, 0.4) is 0 Å². The normalized spacial score (nSPS) is 14.0. The smallest absolute Gasteiger partial charge is 0.124 e. The van der Waals surface area contributed by atoms with Gasteiger partial charge < -0.3 is 9.84 Å². The molecular weight excluding hydrogens is 362 g/mol. The van der Waals surface area contributed by atoms with Crippen molar-refractivity contribution in [3.8, 4) is 11.3 Å². The van der Waals surface area contributed by atoms with Crippen molar-refractivity contribution >= 4 is 17.1 Å². The number of nitrogens with zero attached hydrogens (tertiary/aromatic N) is 3.